The summed E-state index contributed by atoms with van der Waals surface area (Å²) in [6, 6.07) is 23.5. The van der Waals surface area contributed by atoms with Crippen LogP contribution >= 0.6 is 0 Å². The lowest BCUT2D eigenvalue weighted by atomic mass is 9.92. The van der Waals surface area contributed by atoms with Gasteiger partial charge in [-0.15, -0.1) is 0 Å². The Morgan fingerprint density at radius 1 is 0.850 bits per heavy atom. The normalized spacial score (nSPS) is 14.8. The fourth-order valence-electron chi connectivity index (χ4n) is 4.99. The molecule has 214 valence electrons. The Bertz CT molecular complexity index is 1120. The third-order valence-electron chi connectivity index (χ3n) is 7.04. The zero-order valence-corrected chi connectivity index (χ0v) is 22.7. The number of aliphatic carboxylic acids is 2. The first-order valence-corrected chi connectivity index (χ1v) is 13.6. The lowest BCUT2D eigenvalue weighted by Crippen LogP contribution is -2.37. The molecule has 3 aromatic carbocycles. The summed E-state index contributed by atoms with van der Waals surface area (Å²) in [6.07, 6.45) is 4.20. The number of halogens is 2. The van der Waals surface area contributed by atoms with Gasteiger partial charge in [-0.1, -0.05) is 61.5 Å². The Morgan fingerprint density at radius 2 is 1.35 bits per heavy atom. The highest BCUT2D eigenvalue weighted by atomic mass is 19.1. The van der Waals surface area contributed by atoms with Crippen molar-refractivity contribution in [3.8, 4) is 0 Å². The van der Waals surface area contributed by atoms with Gasteiger partial charge < -0.3 is 19.8 Å². The maximum Gasteiger partial charge on any atom is 0.414 e. The molecule has 1 heterocycles. The second kappa shape index (κ2) is 15.8. The molecular weight excluding hydrogens is 516 g/mol. The Kier molecular flexibility index (Phi) is 12.2. The molecular formula is C32H37F2NO5. The topological polar surface area (TPSA) is 87.1 Å². The Morgan fingerprint density at radius 3 is 1.82 bits per heavy atom. The number of carboxylic acids is 2. The van der Waals surface area contributed by atoms with Crippen molar-refractivity contribution in [2.75, 3.05) is 26.2 Å². The smallest absolute Gasteiger partial charge is 0.414 e. The zero-order chi connectivity index (χ0) is 28.9. The molecule has 1 aliphatic heterocycles. The van der Waals surface area contributed by atoms with Gasteiger partial charge >= 0.3 is 11.9 Å². The monoisotopic (exact) mass is 553 g/mol. The predicted molar refractivity (Wildman–Crippen MR) is 149 cm³/mol. The number of carbonyl (C=O) groups is 2. The molecule has 0 saturated carbocycles. The minimum absolute atomic E-state index is 0.272. The van der Waals surface area contributed by atoms with E-state index in [-0.39, 0.29) is 17.7 Å². The summed E-state index contributed by atoms with van der Waals surface area (Å²) in [5, 5.41) is 14.8. The third kappa shape index (κ3) is 10.5. The van der Waals surface area contributed by atoms with Crippen LogP contribution in [-0.2, 0) is 20.7 Å². The highest BCUT2D eigenvalue weighted by Crippen LogP contribution is 2.28. The second-order valence-corrected chi connectivity index (χ2v) is 10.3. The Labute approximate surface area is 234 Å². The highest BCUT2D eigenvalue weighted by Gasteiger charge is 2.22. The van der Waals surface area contributed by atoms with Crippen molar-refractivity contribution < 1.29 is 33.3 Å². The van der Waals surface area contributed by atoms with Crippen molar-refractivity contribution in [3.63, 3.8) is 0 Å². The molecule has 4 rings (SSSR count). The minimum Gasteiger partial charge on any atom is -0.473 e. The van der Waals surface area contributed by atoms with Gasteiger partial charge in [-0.25, -0.2) is 18.4 Å². The maximum atomic E-state index is 13.4. The van der Waals surface area contributed by atoms with E-state index in [1.165, 1.54) is 42.7 Å². The van der Waals surface area contributed by atoms with Crippen molar-refractivity contribution in [1.29, 1.82) is 0 Å². The van der Waals surface area contributed by atoms with Gasteiger partial charge in [0.2, 0.25) is 0 Å². The number of ether oxygens (including phenoxy) is 1. The van der Waals surface area contributed by atoms with Gasteiger partial charge in [0.1, 0.15) is 17.7 Å². The van der Waals surface area contributed by atoms with Gasteiger partial charge in [0.05, 0.1) is 0 Å². The molecule has 0 aliphatic carbocycles. The van der Waals surface area contributed by atoms with E-state index in [2.05, 4.69) is 42.2 Å². The molecule has 1 atom stereocenters. The van der Waals surface area contributed by atoms with Crippen LogP contribution in [0.2, 0.25) is 0 Å². The molecule has 0 aromatic heterocycles. The van der Waals surface area contributed by atoms with Gasteiger partial charge in [-0.05, 0) is 91.6 Å². The number of hydrogen-bond acceptors (Lipinski definition) is 4. The Balaban J connectivity index is 0.000000663. The van der Waals surface area contributed by atoms with Crippen LogP contribution in [0.1, 0.15) is 49.0 Å². The molecule has 1 saturated heterocycles. The van der Waals surface area contributed by atoms with Crippen LogP contribution < -0.4 is 0 Å². The Hall–Kier alpha value is -3.62. The van der Waals surface area contributed by atoms with E-state index in [0.29, 0.717) is 18.4 Å². The van der Waals surface area contributed by atoms with E-state index >= 15 is 0 Å². The summed E-state index contributed by atoms with van der Waals surface area (Å²) in [7, 11) is 0. The summed E-state index contributed by atoms with van der Waals surface area (Å²) in [5.74, 6) is -2.89. The SMILES string of the molecule is C[C@H](Cc1ccccc1)CN1CCC(CCOC(c2ccc(F)cc2)c2ccc(F)cc2)CC1.O=C(O)C(=O)O. The lowest BCUT2D eigenvalue weighted by Gasteiger charge is -2.34. The van der Waals surface area contributed by atoms with Crippen molar-refractivity contribution in [2.24, 2.45) is 11.8 Å². The summed E-state index contributed by atoms with van der Waals surface area (Å²) in [5.41, 5.74) is 3.18. The van der Waals surface area contributed by atoms with Crippen LogP contribution in [-0.4, -0.2) is 53.3 Å². The fraction of sp³-hybridized carbons (Fsp3) is 0.375. The van der Waals surface area contributed by atoms with Crippen LogP contribution in [0.3, 0.4) is 0 Å². The molecule has 1 aliphatic rings. The number of likely N-dealkylation sites (tertiary alicyclic amines) is 1. The number of benzene rings is 3. The zero-order valence-electron chi connectivity index (χ0n) is 22.7. The number of piperidine rings is 1. The van der Waals surface area contributed by atoms with Gasteiger partial charge in [0, 0.05) is 13.2 Å². The first-order chi connectivity index (χ1) is 19.2. The molecule has 0 radical (unpaired) electrons. The van der Waals surface area contributed by atoms with Gasteiger partial charge in [-0.3, -0.25) is 0 Å². The van der Waals surface area contributed by atoms with E-state index in [0.717, 1.165) is 43.6 Å². The summed E-state index contributed by atoms with van der Waals surface area (Å²) in [6.45, 7) is 6.41. The molecule has 3 aromatic rings. The average molecular weight is 554 g/mol. The van der Waals surface area contributed by atoms with Gasteiger partial charge in [0.15, 0.2) is 0 Å². The molecule has 1 fully saturated rings. The fourth-order valence-corrected chi connectivity index (χ4v) is 4.99. The molecule has 0 amide bonds. The van der Waals surface area contributed by atoms with Crippen LogP contribution in [0, 0.1) is 23.5 Å². The molecule has 2 N–H and O–H groups in total. The predicted octanol–water partition coefficient (Wildman–Crippen LogP) is 6.21. The van der Waals surface area contributed by atoms with Crippen LogP contribution in [0.25, 0.3) is 0 Å². The molecule has 40 heavy (non-hydrogen) atoms. The number of rotatable bonds is 10. The standard InChI is InChI=1S/C30H35F2NO.C2H2O4/c1-23(21-25-5-3-2-4-6-25)22-33-18-15-24(16-19-33)17-20-34-30(26-7-11-28(31)12-8-26)27-9-13-29(32)14-10-27;3-1(4)2(5)6/h2-14,23-24,30H,15-22H2,1H3;(H,3,4)(H,5,6)/t23-;/m1./s1. The largest absolute Gasteiger partial charge is 0.473 e. The van der Waals surface area contributed by atoms with Crippen molar-refractivity contribution >= 4 is 11.9 Å². The summed E-state index contributed by atoms with van der Waals surface area (Å²) in [4.78, 5) is 20.8. The van der Waals surface area contributed by atoms with Crippen molar-refractivity contribution in [2.45, 2.75) is 38.7 Å². The first kappa shape index (κ1) is 30.9. The minimum atomic E-state index is -1.82. The van der Waals surface area contributed by atoms with E-state index in [1.54, 1.807) is 24.3 Å². The van der Waals surface area contributed by atoms with Gasteiger partial charge in [-0.2, -0.15) is 0 Å². The molecule has 8 heteroatoms. The lowest BCUT2D eigenvalue weighted by molar-refractivity contribution is -0.159. The average Bonchev–Trinajstić information content (AvgIpc) is 2.94. The molecule has 6 nitrogen and oxygen atoms in total. The molecule has 0 bridgehead atoms. The molecule has 0 spiro atoms. The number of nitrogens with zero attached hydrogens (tertiary/aromatic N) is 1. The van der Waals surface area contributed by atoms with Crippen molar-refractivity contribution in [1.82, 2.24) is 4.90 Å². The van der Waals surface area contributed by atoms with E-state index in [4.69, 9.17) is 24.5 Å². The second-order valence-electron chi connectivity index (χ2n) is 10.3. The first-order valence-electron chi connectivity index (χ1n) is 13.6. The third-order valence-corrected chi connectivity index (χ3v) is 7.04. The quantitative estimate of drug-likeness (QED) is 0.291. The summed E-state index contributed by atoms with van der Waals surface area (Å²) < 4.78 is 33.1. The van der Waals surface area contributed by atoms with Crippen LogP contribution in [0.15, 0.2) is 78.9 Å². The molecule has 0 unspecified atom stereocenters. The number of hydrogen-bond donors (Lipinski definition) is 2. The van der Waals surface area contributed by atoms with E-state index in [1.807, 2.05) is 0 Å². The van der Waals surface area contributed by atoms with Gasteiger partial charge in [0.25, 0.3) is 0 Å². The highest BCUT2D eigenvalue weighted by molar-refractivity contribution is 6.27. The van der Waals surface area contributed by atoms with E-state index in [9.17, 15) is 8.78 Å². The van der Waals surface area contributed by atoms with Crippen LogP contribution in [0.5, 0.6) is 0 Å². The van der Waals surface area contributed by atoms with Crippen molar-refractivity contribution in [3.05, 3.63) is 107 Å². The van der Waals surface area contributed by atoms with E-state index < -0.39 is 11.9 Å². The van der Waals surface area contributed by atoms with Crippen LogP contribution in [0.4, 0.5) is 8.78 Å². The number of carboxylic acid groups (broad SMARTS) is 2. The summed E-state index contributed by atoms with van der Waals surface area (Å²) >= 11 is 0. The maximum absolute atomic E-state index is 13.4.